The molecule has 1 aliphatic heterocycles. The predicted octanol–water partition coefficient (Wildman–Crippen LogP) is 6.20. The smallest absolute Gasteiger partial charge is 0.407 e. The molecule has 2 amide bonds. The van der Waals surface area contributed by atoms with Crippen LogP contribution in [-0.2, 0) is 24.1 Å². The number of hydrogen-bond acceptors (Lipinski definition) is 3. The largest absolute Gasteiger partial charge is 0.465 e. The van der Waals surface area contributed by atoms with E-state index in [2.05, 4.69) is 67.4 Å². The number of benzene rings is 2. The third-order valence-electron chi connectivity index (χ3n) is 8.49. The average molecular weight is 520 g/mol. The summed E-state index contributed by atoms with van der Waals surface area (Å²) < 4.78 is 0. The first-order chi connectivity index (χ1) is 18.2. The number of nitrogens with one attached hydrogen (secondary N) is 1. The summed E-state index contributed by atoms with van der Waals surface area (Å²) in [5.41, 5.74) is 5.96. The fraction of sp³-hybridized carbons (Fsp3) is 0.562. The molecule has 0 spiro atoms. The van der Waals surface area contributed by atoms with Crippen molar-refractivity contribution in [1.29, 1.82) is 0 Å². The van der Waals surface area contributed by atoms with Gasteiger partial charge in [0, 0.05) is 31.4 Å². The van der Waals surface area contributed by atoms with Crippen molar-refractivity contribution in [3.8, 4) is 0 Å². The molecule has 2 atom stereocenters. The molecule has 1 fully saturated rings. The normalized spacial score (nSPS) is 18.9. The lowest BCUT2D eigenvalue weighted by atomic mass is 9.86. The third kappa shape index (κ3) is 7.16. The number of rotatable bonds is 9. The maximum Gasteiger partial charge on any atom is 0.407 e. The van der Waals surface area contributed by atoms with Crippen molar-refractivity contribution in [1.82, 2.24) is 9.80 Å². The van der Waals surface area contributed by atoms with Gasteiger partial charge in [0.2, 0.25) is 5.91 Å². The van der Waals surface area contributed by atoms with Gasteiger partial charge in [0.25, 0.3) is 0 Å². The van der Waals surface area contributed by atoms with Gasteiger partial charge in [0.15, 0.2) is 0 Å². The molecule has 0 radical (unpaired) electrons. The number of carbonyl (C=O) groups excluding carboxylic acids is 1. The van der Waals surface area contributed by atoms with Gasteiger partial charge in [-0.05, 0) is 98.2 Å². The summed E-state index contributed by atoms with van der Waals surface area (Å²) in [6, 6.07) is 15.4. The van der Waals surface area contributed by atoms with E-state index >= 15 is 0 Å². The van der Waals surface area contributed by atoms with E-state index in [9.17, 15) is 14.7 Å². The van der Waals surface area contributed by atoms with Crippen LogP contribution in [0.15, 0.2) is 42.5 Å². The van der Waals surface area contributed by atoms with Gasteiger partial charge < -0.3 is 20.2 Å². The van der Waals surface area contributed by atoms with Gasteiger partial charge in [0.05, 0.1) is 5.92 Å². The number of anilines is 1. The predicted molar refractivity (Wildman–Crippen MR) is 154 cm³/mol. The summed E-state index contributed by atoms with van der Waals surface area (Å²) in [5.74, 6) is 0.983. The Kier molecular flexibility index (Phi) is 9.48. The molecule has 38 heavy (non-hydrogen) atoms. The first-order valence-corrected chi connectivity index (χ1v) is 14.5. The van der Waals surface area contributed by atoms with Gasteiger partial charge >= 0.3 is 6.09 Å². The summed E-state index contributed by atoms with van der Waals surface area (Å²) in [6.45, 7) is 12.0. The number of carboxylic acid groups (broad SMARTS) is 1. The second kappa shape index (κ2) is 12.8. The van der Waals surface area contributed by atoms with E-state index in [1.165, 1.54) is 16.7 Å². The van der Waals surface area contributed by atoms with E-state index in [4.69, 9.17) is 0 Å². The minimum absolute atomic E-state index is 0.0248. The topological polar surface area (TPSA) is 72.9 Å². The molecule has 1 saturated heterocycles. The Labute approximate surface area is 228 Å². The van der Waals surface area contributed by atoms with Gasteiger partial charge in [-0.3, -0.25) is 4.79 Å². The third-order valence-corrected chi connectivity index (χ3v) is 8.49. The van der Waals surface area contributed by atoms with Crippen LogP contribution in [0.3, 0.4) is 0 Å². The van der Waals surface area contributed by atoms with E-state index < -0.39 is 6.09 Å². The molecule has 0 saturated carbocycles. The van der Waals surface area contributed by atoms with Crippen molar-refractivity contribution in [3.05, 3.63) is 64.7 Å². The Morgan fingerprint density at radius 1 is 1.03 bits per heavy atom. The minimum atomic E-state index is -0.795. The Bertz CT molecular complexity index is 1090. The minimum Gasteiger partial charge on any atom is -0.465 e. The lowest BCUT2D eigenvalue weighted by molar-refractivity contribution is -0.117. The summed E-state index contributed by atoms with van der Waals surface area (Å²) in [5, 5.41) is 12.4. The summed E-state index contributed by atoms with van der Waals surface area (Å²) >= 11 is 0. The molecule has 4 rings (SSSR count). The molecule has 2 aromatic rings. The molecule has 0 aromatic heterocycles. The van der Waals surface area contributed by atoms with Crippen LogP contribution in [0.25, 0.3) is 0 Å². The quantitative estimate of drug-likeness (QED) is 0.414. The Morgan fingerprint density at radius 2 is 1.74 bits per heavy atom. The Balaban J connectivity index is 1.35. The monoisotopic (exact) mass is 519 g/mol. The molecule has 1 aliphatic carbocycles. The summed E-state index contributed by atoms with van der Waals surface area (Å²) in [4.78, 5) is 28.5. The van der Waals surface area contributed by atoms with Crippen LogP contribution in [0.2, 0.25) is 0 Å². The maximum absolute atomic E-state index is 13.1. The highest BCUT2D eigenvalue weighted by Gasteiger charge is 2.28. The van der Waals surface area contributed by atoms with E-state index in [0.717, 1.165) is 62.9 Å². The number of amides is 2. The number of carbonyl (C=O) groups is 2. The second-order valence-corrected chi connectivity index (χ2v) is 11.7. The number of aryl methyl sites for hydroxylation is 1. The standard InChI is InChI=1S/C32H45N3O3/c1-5-34(21-25-14-16-35(17-15-25)32(37)38)30-13-11-27-10-12-29(19-28(27)20-30)33-31(36)23(4)26-8-6-24(7-9-26)18-22(2)3/h6-10,12,19,22-23,25,30H,5,11,13-18,20-21H2,1-4H3,(H,33,36)(H,37,38). The Morgan fingerprint density at radius 3 is 2.37 bits per heavy atom. The second-order valence-electron chi connectivity index (χ2n) is 11.7. The molecule has 2 N–H and O–H groups in total. The molecule has 206 valence electrons. The number of hydrogen-bond donors (Lipinski definition) is 2. The number of nitrogens with zero attached hydrogens (tertiary/aromatic N) is 2. The molecule has 2 aliphatic rings. The number of likely N-dealkylation sites (N-methyl/N-ethyl adjacent to an activating group) is 1. The van der Waals surface area contributed by atoms with E-state index in [1.54, 1.807) is 4.90 Å². The number of piperidine rings is 1. The van der Waals surface area contributed by atoms with Gasteiger partial charge in [-0.1, -0.05) is 51.1 Å². The maximum atomic E-state index is 13.1. The molecular formula is C32H45N3O3. The highest BCUT2D eigenvalue weighted by molar-refractivity contribution is 5.95. The number of likely N-dealkylation sites (tertiary alicyclic amines) is 1. The fourth-order valence-electron chi connectivity index (χ4n) is 6.12. The molecule has 2 aromatic carbocycles. The summed E-state index contributed by atoms with van der Waals surface area (Å²) in [7, 11) is 0. The molecule has 6 heteroatoms. The number of fused-ring (bicyclic) bond motifs is 1. The SMILES string of the molecule is CCN(CC1CCN(C(=O)O)CC1)C1CCc2ccc(NC(=O)C(C)c3ccc(CC(C)C)cc3)cc2C1. The van der Waals surface area contributed by atoms with Crippen LogP contribution < -0.4 is 5.32 Å². The van der Waals surface area contributed by atoms with Crippen molar-refractivity contribution in [2.75, 3.05) is 31.5 Å². The van der Waals surface area contributed by atoms with E-state index in [1.807, 2.05) is 13.0 Å². The summed E-state index contributed by atoms with van der Waals surface area (Å²) in [6.07, 6.45) is 5.34. The van der Waals surface area contributed by atoms with Gasteiger partial charge in [-0.15, -0.1) is 0 Å². The fourth-order valence-corrected chi connectivity index (χ4v) is 6.12. The van der Waals surface area contributed by atoms with Crippen molar-refractivity contribution in [2.45, 2.75) is 78.2 Å². The van der Waals surface area contributed by atoms with Crippen LogP contribution in [0.5, 0.6) is 0 Å². The van der Waals surface area contributed by atoms with Crippen molar-refractivity contribution < 1.29 is 14.7 Å². The zero-order valence-corrected chi connectivity index (χ0v) is 23.6. The molecule has 1 heterocycles. The first-order valence-electron chi connectivity index (χ1n) is 14.5. The Hall–Kier alpha value is -2.86. The van der Waals surface area contributed by atoms with Crippen LogP contribution in [0, 0.1) is 11.8 Å². The van der Waals surface area contributed by atoms with Gasteiger partial charge in [0.1, 0.15) is 0 Å². The highest BCUT2D eigenvalue weighted by Crippen LogP contribution is 2.29. The van der Waals surface area contributed by atoms with E-state index in [0.29, 0.717) is 31.0 Å². The average Bonchev–Trinajstić information content (AvgIpc) is 2.91. The van der Waals surface area contributed by atoms with Crippen molar-refractivity contribution >= 4 is 17.7 Å². The molecular weight excluding hydrogens is 474 g/mol. The lowest BCUT2D eigenvalue weighted by Gasteiger charge is -2.39. The highest BCUT2D eigenvalue weighted by atomic mass is 16.4. The molecule has 0 bridgehead atoms. The van der Waals surface area contributed by atoms with Crippen molar-refractivity contribution in [3.63, 3.8) is 0 Å². The zero-order valence-electron chi connectivity index (χ0n) is 23.6. The van der Waals surface area contributed by atoms with Crippen LogP contribution >= 0.6 is 0 Å². The van der Waals surface area contributed by atoms with Gasteiger partial charge in [-0.2, -0.15) is 0 Å². The zero-order chi connectivity index (χ0) is 27.2. The van der Waals surface area contributed by atoms with Gasteiger partial charge in [-0.25, -0.2) is 4.79 Å². The van der Waals surface area contributed by atoms with Crippen LogP contribution in [0.4, 0.5) is 10.5 Å². The van der Waals surface area contributed by atoms with Crippen LogP contribution in [0.1, 0.15) is 75.1 Å². The lowest BCUT2D eigenvalue weighted by Crippen LogP contribution is -2.45. The van der Waals surface area contributed by atoms with E-state index in [-0.39, 0.29) is 11.8 Å². The van der Waals surface area contributed by atoms with Crippen LogP contribution in [-0.4, -0.2) is 59.1 Å². The molecule has 6 nitrogen and oxygen atoms in total. The first kappa shape index (κ1) is 28.2. The van der Waals surface area contributed by atoms with Crippen molar-refractivity contribution in [2.24, 2.45) is 11.8 Å². The molecule has 2 unspecified atom stereocenters.